The number of amides is 1. The summed E-state index contributed by atoms with van der Waals surface area (Å²) in [7, 11) is 1.25. The third-order valence-electron chi connectivity index (χ3n) is 4.00. The molecule has 0 aliphatic rings. The van der Waals surface area contributed by atoms with Gasteiger partial charge in [-0.25, -0.2) is 0 Å². The van der Waals surface area contributed by atoms with Crippen molar-refractivity contribution in [3.63, 3.8) is 0 Å². The fourth-order valence-electron chi connectivity index (χ4n) is 2.67. The second-order valence-corrected chi connectivity index (χ2v) is 6.06. The molecule has 0 aliphatic carbocycles. The molecule has 1 amide bonds. The van der Waals surface area contributed by atoms with Crippen LogP contribution in [0.25, 0.3) is 11.1 Å². The number of alkyl halides is 6. The number of rotatable bonds is 6. The van der Waals surface area contributed by atoms with Crippen LogP contribution in [0, 0.1) is 0 Å². The van der Waals surface area contributed by atoms with Crippen LogP contribution in [0.3, 0.4) is 0 Å². The van der Waals surface area contributed by atoms with Crippen molar-refractivity contribution in [2.75, 3.05) is 13.7 Å². The number of nitrogens with one attached hydrogen (secondary N) is 1. The summed E-state index contributed by atoms with van der Waals surface area (Å²) in [5.74, 6) is -0.798. The molecular weight excluding hydrogens is 404 g/mol. The zero-order chi connectivity index (χ0) is 21.8. The van der Waals surface area contributed by atoms with Crippen molar-refractivity contribution in [2.45, 2.75) is 25.1 Å². The molecule has 0 aromatic heterocycles. The highest BCUT2D eigenvalue weighted by Crippen LogP contribution is 2.43. The Balaban J connectivity index is 2.55. The number of halogens is 6. The van der Waals surface area contributed by atoms with Crippen LogP contribution in [-0.2, 0) is 28.5 Å². The van der Waals surface area contributed by atoms with Crippen molar-refractivity contribution >= 4 is 5.91 Å². The van der Waals surface area contributed by atoms with E-state index in [2.05, 4.69) is 5.32 Å². The van der Waals surface area contributed by atoms with Crippen LogP contribution in [0.2, 0.25) is 0 Å². The predicted octanol–water partition coefficient (Wildman–Crippen LogP) is 4.01. The van der Waals surface area contributed by atoms with Crippen LogP contribution in [-0.4, -0.2) is 30.8 Å². The number of benzene rings is 2. The minimum absolute atomic E-state index is 0.0546. The van der Waals surface area contributed by atoms with Gasteiger partial charge in [0.25, 0.3) is 5.91 Å². The third-order valence-corrected chi connectivity index (χ3v) is 4.00. The third kappa shape index (κ3) is 5.70. The van der Waals surface area contributed by atoms with E-state index in [9.17, 15) is 36.2 Å². The molecule has 158 valence electrons. The van der Waals surface area contributed by atoms with Crippen LogP contribution in [0.4, 0.5) is 26.3 Å². The largest absolute Gasteiger partial charge is 0.417 e. The summed E-state index contributed by atoms with van der Waals surface area (Å²) in [4.78, 5) is 11.3. The van der Waals surface area contributed by atoms with Gasteiger partial charge in [-0.1, -0.05) is 30.3 Å². The normalized spacial score (nSPS) is 13.2. The number of hydrogen-bond acceptors (Lipinski definition) is 3. The van der Waals surface area contributed by atoms with Crippen LogP contribution in [0.5, 0.6) is 0 Å². The average Bonchev–Trinajstić information content (AvgIpc) is 2.65. The van der Waals surface area contributed by atoms with Gasteiger partial charge in [0.1, 0.15) is 0 Å². The lowest BCUT2D eigenvalue weighted by Crippen LogP contribution is -2.35. The van der Waals surface area contributed by atoms with Crippen LogP contribution in [0.1, 0.15) is 16.7 Å². The van der Waals surface area contributed by atoms with Gasteiger partial charge in [-0.2, -0.15) is 26.3 Å². The summed E-state index contributed by atoms with van der Waals surface area (Å²) in [6, 6.07) is 7.76. The SMILES string of the molecule is CNC(=O)C(O)COCc1cc(C(F)(F)F)cc(C(F)(F)F)c1-c1ccccc1. The Bertz CT molecular complexity index is 850. The molecule has 0 fully saturated rings. The lowest BCUT2D eigenvalue weighted by Gasteiger charge is -2.21. The molecule has 0 bridgehead atoms. The van der Waals surface area contributed by atoms with Gasteiger partial charge >= 0.3 is 12.4 Å². The smallest absolute Gasteiger partial charge is 0.381 e. The predicted molar refractivity (Wildman–Crippen MR) is 91.6 cm³/mol. The van der Waals surface area contributed by atoms with Crippen molar-refractivity contribution in [3.8, 4) is 11.1 Å². The monoisotopic (exact) mass is 421 g/mol. The summed E-state index contributed by atoms with van der Waals surface area (Å²) in [6.07, 6.45) is -11.7. The molecule has 0 spiro atoms. The minimum atomic E-state index is -5.05. The molecule has 0 aliphatic heterocycles. The Morgan fingerprint density at radius 2 is 1.69 bits per heavy atom. The number of carbonyl (C=O) groups excluding carboxylic acids is 1. The Morgan fingerprint density at radius 3 is 2.21 bits per heavy atom. The van der Waals surface area contributed by atoms with Crippen molar-refractivity contribution in [1.82, 2.24) is 5.32 Å². The highest BCUT2D eigenvalue weighted by molar-refractivity contribution is 5.80. The summed E-state index contributed by atoms with van der Waals surface area (Å²) >= 11 is 0. The first-order valence-electron chi connectivity index (χ1n) is 8.29. The molecular formula is C19H17F6NO3. The molecule has 0 heterocycles. The molecule has 0 radical (unpaired) electrons. The van der Waals surface area contributed by atoms with Gasteiger partial charge in [0, 0.05) is 7.05 Å². The lowest BCUT2D eigenvalue weighted by atomic mass is 9.91. The maximum Gasteiger partial charge on any atom is 0.417 e. The van der Waals surface area contributed by atoms with Gasteiger partial charge in [0.05, 0.1) is 24.3 Å². The molecule has 4 nitrogen and oxygen atoms in total. The second kappa shape index (κ2) is 8.83. The zero-order valence-electron chi connectivity index (χ0n) is 15.1. The maximum atomic E-state index is 13.6. The fourth-order valence-corrected chi connectivity index (χ4v) is 2.67. The summed E-state index contributed by atoms with van der Waals surface area (Å²) in [5.41, 5.74) is -3.71. The standard InChI is InChI=1S/C19H17F6NO3/c1-26-17(28)15(27)10-29-9-12-7-13(18(20,21)22)8-14(19(23,24)25)16(12)11-5-3-2-4-6-11/h2-8,15,27H,9-10H2,1H3,(H,26,28). The van der Waals surface area contributed by atoms with Gasteiger partial charge in [-0.15, -0.1) is 0 Å². The maximum absolute atomic E-state index is 13.6. The molecule has 2 aromatic rings. The number of likely N-dealkylation sites (N-methyl/N-ethyl adjacent to an activating group) is 1. The first-order valence-corrected chi connectivity index (χ1v) is 8.29. The van der Waals surface area contributed by atoms with Gasteiger partial charge in [-0.05, 0) is 28.8 Å². The molecule has 29 heavy (non-hydrogen) atoms. The van der Waals surface area contributed by atoms with E-state index in [-0.39, 0.29) is 17.2 Å². The number of ether oxygens (including phenoxy) is 1. The van der Waals surface area contributed by atoms with Crippen molar-refractivity contribution < 1.29 is 41.0 Å². The summed E-state index contributed by atoms with van der Waals surface area (Å²) in [6.45, 7) is -1.28. The van der Waals surface area contributed by atoms with E-state index in [0.717, 1.165) is 0 Å². The molecule has 1 atom stereocenters. The van der Waals surface area contributed by atoms with E-state index in [1.54, 1.807) is 6.07 Å². The van der Waals surface area contributed by atoms with E-state index in [1.165, 1.54) is 31.3 Å². The molecule has 0 saturated carbocycles. The van der Waals surface area contributed by atoms with Crippen molar-refractivity contribution in [3.05, 3.63) is 59.2 Å². The minimum Gasteiger partial charge on any atom is -0.381 e. The van der Waals surface area contributed by atoms with Crippen LogP contribution >= 0.6 is 0 Å². The van der Waals surface area contributed by atoms with Gasteiger partial charge < -0.3 is 15.2 Å². The topological polar surface area (TPSA) is 58.6 Å². The highest BCUT2D eigenvalue weighted by atomic mass is 19.4. The number of aliphatic hydroxyl groups excluding tert-OH is 1. The van der Waals surface area contributed by atoms with Gasteiger partial charge in [0.15, 0.2) is 6.10 Å². The zero-order valence-corrected chi connectivity index (χ0v) is 15.1. The Hall–Kier alpha value is -2.59. The second-order valence-electron chi connectivity index (χ2n) is 6.06. The Labute approximate surface area is 162 Å². The molecule has 1 unspecified atom stereocenters. The van der Waals surface area contributed by atoms with E-state index < -0.39 is 54.3 Å². The lowest BCUT2D eigenvalue weighted by molar-refractivity contribution is -0.142. The first kappa shape index (κ1) is 22.7. The number of aliphatic hydroxyl groups is 1. The van der Waals surface area contributed by atoms with Crippen LogP contribution < -0.4 is 5.32 Å². The Morgan fingerprint density at radius 1 is 1.07 bits per heavy atom. The molecule has 2 N–H and O–H groups in total. The molecule has 2 aromatic carbocycles. The molecule has 2 rings (SSSR count). The van der Waals surface area contributed by atoms with Crippen molar-refractivity contribution in [2.24, 2.45) is 0 Å². The quantitative estimate of drug-likeness (QED) is 0.693. The summed E-state index contributed by atoms with van der Waals surface area (Å²) < 4.78 is 85.3. The number of carbonyl (C=O) groups is 1. The van der Waals surface area contributed by atoms with E-state index >= 15 is 0 Å². The van der Waals surface area contributed by atoms with Crippen LogP contribution in [0.15, 0.2) is 42.5 Å². The average molecular weight is 421 g/mol. The highest BCUT2D eigenvalue weighted by Gasteiger charge is 2.39. The van der Waals surface area contributed by atoms with E-state index in [0.29, 0.717) is 6.07 Å². The van der Waals surface area contributed by atoms with Gasteiger partial charge in [0.2, 0.25) is 0 Å². The first-order chi connectivity index (χ1) is 13.4. The van der Waals surface area contributed by atoms with Gasteiger partial charge in [-0.3, -0.25) is 4.79 Å². The summed E-state index contributed by atoms with van der Waals surface area (Å²) in [5, 5.41) is 11.7. The van der Waals surface area contributed by atoms with Crippen molar-refractivity contribution in [1.29, 1.82) is 0 Å². The van der Waals surface area contributed by atoms with E-state index in [4.69, 9.17) is 4.74 Å². The molecule has 0 saturated heterocycles. The Kier molecular flexibility index (Phi) is 6.91. The molecule has 10 heteroatoms. The fraction of sp³-hybridized carbons (Fsp3) is 0.316. The van der Waals surface area contributed by atoms with E-state index in [1.807, 2.05) is 0 Å². The number of hydrogen-bond donors (Lipinski definition) is 2.